The van der Waals surface area contributed by atoms with E-state index in [1.54, 1.807) is 18.2 Å². The number of nitrogens with zero attached hydrogens (tertiary/aromatic N) is 1. The molecule has 5 nitrogen and oxygen atoms in total. The van der Waals surface area contributed by atoms with Gasteiger partial charge < -0.3 is 10.1 Å². The maximum atomic E-state index is 12.1. The number of carbonyl (C=O) groups is 2. The number of anilines is 1. The monoisotopic (exact) mass is 282 g/mol. The molecule has 3 amide bonds. The molecule has 102 valence electrons. The zero-order valence-corrected chi connectivity index (χ0v) is 11.5. The van der Waals surface area contributed by atoms with Gasteiger partial charge >= 0.3 is 6.03 Å². The van der Waals surface area contributed by atoms with Crippen LogP contribution in [0.1, 0.15) is 12.0 Å². The molecule has 1 N–H and O–H groups in total. The summed E-state index contributed by atoms with van der Waals surface area (Å²) < 4.78 is 5.13. The molecule has 1 aliphatic heterocycles. The van der Waals surface area contributed by atoms with Gasteiger partial charge in [0.1, 0.15) is 0 Å². The van der Waals surface area contributed by atoms with E-state index in [4.69, 9.17) is 16.3 Å². The van der Waals surface area contributed by atoms with Crippen LogP contribution in [-0.2, 0) is 9.53 Å². The first-order valence-electron chi connectivity index (χ1n) is 5.92. The Bertz CT molecular complexity index is 519. The summed E-state index contributed by atoms with van der Waals surface area (Å²) in [5.41, 5.74) is 1.36. The van der Waals surface area contributed by atoms with Crippen LogP contribution in [0.4, 0.5) is 10.5 Å². The van der Waals surface area contributed by atoms with Gasteiger partial charge in [-0.3, -0.25) is 4.79 Å². The van der Waals surface area contributed by atoms with Crippen molar-refractivity contribution in [2.24, 2.45) is 0 Å². The number of ether oxygens (including phenoxy) is 1. The smallest absolute Gasteiger partial charge is 0.328 e. The van der Waals surface area contributed by atoms with Gasteiger partial charge in [-0.05, 0) is 24.6 Å². The fourth-order valence-electron chi connectivity index (χ4n) is 1.90. The number of urea groups is 1. The third kappa shape index (κ3) is 2.88. The Hall–Kier alpha value is -1.59. The molecule has 1 aliphatic rings. The van der Waals surface area contributed by atoms with Gasteiger partial charge in [0, 0.05) is 18.7 Å². The maximum absolute atomic E-state index is 12.1. The summed E-state index contributed by atoms with van der Waals surface area (Å²) in [6, 6.07) is 4.63. The summed E-state index contributed by atoms with van der Waals surface area (Å²) in [7, 11) is 1.52. The average Bonchev–Trinajstić information content (AvgIpc) is 2.52. The number of amides is 3. The van der Waals surface area contributed by atoms with Crippen LogP contribution in [-0.4, -0.2) is 31.7 Å². The molecule has 19 heavy (non-hydrogen) atoms. The van der Waals surface area contributed by atoms with E-state index < -0.39 is 6.03 Å². The summed E-state index contributed by atoms with van der Waals surface area (Å²) in [6.07, 6.45) is -0.150. The zero-order chi connectivity index (χ0) is 14.0. The number of aryl methyl sites for hydroxylation is 1. The van der Waals surface area contributed by atoms with Crippen molar-refractivity contribution in [1.29, 1.82) is 0 Å². The second-order valence-electron chi connectivity index (χ2n) is 4.41. The highest BCUT2D eigenvalue weighted by Crippen LogP contribution is 2.25. The summed E-state index contributed by atoms with van der Waals surface area (Å²) in [5.74, 6) is -0.304. The summed E-state index contributed by atoms with van der Waals surface area (Å²) in [5, 5.41) is 3.18. The van der Waals surface area contributed by atoms with Crippen molar-refractivity contribution in [2.45, 2.75) is 19.4 Å². The summed E-state index contributed by atoms with van der Waals surface area (Å²) >= 11 is 6.03. The fourth-order valence-corrected chi connectivity index (χ4v) is 2.08. The predicted octanol–water partition coefficient (Wildman–Crippen LogP) is 2.11. The van der Waals surface area contributed by atoms with Crippen LogP contribution in [0, 0.1) is 6.92 Å². The first-order chi connectivity index (χ1) is 9.02. The van der Waals surface area contributed by atoms with Gasteiger partial charge in [0.05, 0.1) is 18.2 Å². The molecule has 0 saturated carbocycles. The van der Waals surface area contributed by atoms with E-state index in [0.717, 1.165) is 10.5 Å². The van der Waals surface area contributed by atoms with E-state index in [1.165, 1.54) is 7.11 Å². The topological polar surface area (TPSA) is 58.6 Å². The number of hydrogen-bond acceptors (Lipinski definition) is 3. The first-order valence-corrected chi connectivity index (χ1v) is 6.30. The van der Waals surface area contributed by atoms with Crippen LogP contribution in [0.2, 0.25) is 5.02 Å². The fraction of sp³-hybridized carbons (Fsp3) is 0.385. The number of carbonyl (C=O) groups excluding carboxylic acids is 2. The van der Waals surface area contributed by atoms with E-state index in [2.05, 4.69) is 5.32 Å². The lowest BCUT2D eigenvalue weighted by Crippen LogP contribution is -2.41. The molecule has 1 aromatic carbocycles. The highest BCUT2D eigenvalue weighted by atomic mass is 35.5. The molecule has 0 aliphatic carbocycles. The Balaban J connectivity index is 2.33. The first kappa shape index (κ1) is 13.8. The normalized spacial score (nSPS) is 20.2. The average molecular weight is 283 g/mol. The molecule has 0 spiro atoms. The molecule has 1 unspecified atom stereocenters. The molecule has 0 aromatic heterocycles. The quantitative estimate of drug-likeness (QED) is 0.904. The zero-order valence-electron chi connectivity index (χ0n) is 10.8. The van der Waals surface area contributed by atoms with Crippen LogP contribution >= 0.6 is 11.6 Å². The Morgan fingerprint density at radius 2 is 2.16 bits per heavy atom. The van der Waals surface area contributed by atoms with Crippen LogP contribution in [0.25, 0.3) is 0 Å². The minimum atomic E-state index is -0.454. The molecule has 1 atom stereocenters. The molecule has 0 bridgehead atoms. The van der Waals surface area contributed by atoms with Crippen molar-refractivity contribution in [1.82, 2.24) is 5.32 Å². The SMILES string of the molecule is COC1CNC(=O)N(c2ccc(C)c(Cl)c2)C(=O)C1. The molecule has 1 heterocycles. The molecule has 6 heteroatoms. The second-order valence-corrected chi connectivity index (χ2v) is 4.82. The van der Waals surface area contributed by atoms with E-state index >= 15 is 0 Å². The van der Waals surface area contributed by atoms with Gasteiger partial charge in [-0.2, -0.15) is 0 Å². The van der Waals surface area contributed by atoms with Gasteiger partial charge in [0.25, 0.3) is 0 Å². The van der Waals surface area contributed by atoms with E-state index in [1.807, 2.05) is 6.92 Å². The van der Waals surface area contributed by atoms with E-state index in [-0.39, 0.29) is 18.4 Å². The lowest BCUT2D eigenvalue weighted by atomic mass is 10.2. The van der Waals surface area contributed by atoms with E-state index in [0.29, 0.717) is 17.3 Å². The number of imide groups is 1. The number of hydrogen-bond donors (Lipinski definition) is 1. The highest BCUT2D eigenvalue weighted by molar-refractivity contribution is 6.32. The third-order valence-corrected chi connectivity index (χ3v) is 3.49. The summed E-state index contributed by atoms with van der Waals surface area (Å²) in [4.78, 5) is 25.2. The number of nitrogens with one attached hydrogen (secondary N) is 1. The van der Waals surface area contributed by atoms with Crippen molar-refractivity contribution in [3.8, 4) is 0 Å². The number of halogens is 1. The number of benzene rings is 1. The highest BCUT2D eigenvalue weighted by Gasteiger charge is 2.30. The third-order valence-electron chi connectivity index (χ3n) is 3.08. The maximum Gasteiger partial charge on any atom is 0.328 e. The predicted molar refractivity (Wildman–Crippen MR) is 72.5 cm³/mol. The number of methoxy groups -OCH3 is 1. The van der Waals surface area contributed by atoms with Crippen LogP contribution in [0.5, 0.6) is 0 Å². The molecule has 0 radical (unpaired) electrons. The molecular formula is C13H15ClN2O3. The minimum Gasteiger partial charge on any atom is -0.379 e. The Morgan fingerprint density at radius 3 is 2.79 bits per heavy atom. The lowest BCUT2D eigenvalue weighted by molar-refractivity contribution is -0.119. The standard InChI is InChI=1S/C13H15ClN2O3/c1-8-3-4-9(5-11(8)14)16-12(17)6-10(19-2)7-15-13(16)18/h3-5,10H,6-7H2,1-2H3,(H,15,18). The molecular weight excluding hydrogens is 268 g/mol. The second kappa shape index (κ2) is 5.59. The Kier molecular flexibility index (Phi) is 4.07. The summed E-state index contributed by atoms with van der Waals surface area (Å²) in [6.45, 7) is 2.18. The van der Waals surface area contributed by atoms with Crippen molar-refractivity contribution in [3.05, 3.63) is 28.8 Å². The lowest BCUT2D eigenvalue weighted by Gasteiger charge is -2.19. The number of rotatable bonds is 2. The Labute approximate surface area is 116 Å². The van der Waals surface area contributed by atoms with Gasteiger partial charge in [0.2, 0.25) is 5.91 Å². The molecule has 1 fully saturated rings. The van der Waals surface area contributed by atoms with Crippen molar-refractivity contribution < 1.29 is 14.3 Å². The molecule has 1 aromatic rings. The Morgan fingerprint density at radius 1 is 1.42 bits per heavy atom. The van der Waals surface area contributed by atoms with Gasteiger partial charge in [-0.25, -0.2) is 9.69 Å². The van der Waals surface area contributed by atoms with Gasteiger partial charge in [-0.1, -0.05) is 17.7 Å². The minimum absolute atomic E-state index is 0.154. The van der Waals surface area contributed by atoms with Gasteiger partial charge in [0.15, 0.2) is 0 Å². The van der Waals surface area contributed by atoms with Gasteiger partial charge in [-0.15, -0.1) is 0 Å². The van der Waals surface area contributed by atoms with Crippen molar-refractivity contribution in [2.75, 3.05) is 18.6 Å². The molecule has 1 saturated heterocycles. The van der Waals surface area contributed by atoms with Crippen LogP contribution < -0.4 is 10.2 Å². The van der Waals surface area contributed by atoms with Crippen molar-refractivity contribution in [3.63, 3.8) is 0 Å². The largest absolute Gasteiger partial charge is 0.379 e. The van der Waals surface area contributed by atoms with Crippen LogP contribution in [0.15, 0.2) is 18.2 Å². The van der Waals surface area contributed by atoms with Crippen molar-refractivity contribution >= 4 is 29.2 Å². The molecule has 2 rings (SSSR count). The van der Waals surface area contributed by atoms with E-state index in [9.17, 15) is 9.59 Å². The van der Waals surface area contributed by atoms with Crippen LogP contribution in [0.3, 0.4) is 0 Å².